The molecule has 5 nitrogen and oxygen atoms in total. The minimum atomic E-state index is -0.199. The van der Waals surface area contributed by atoms with Gasteiger partial charge in [0.25, 0.3) is 0 Å². The van der Waals surface area contributed by atoms with Crippen LogP contribution in [-0.4, -0.2) is 27.8 Å². The van der Waals surface area contributed by atoms with Gasteiger partial charge in [-0.05, 0) is 33.6 Å². The number of carbonyl (C=O) groups is 1. The van der Waals surface area contributed by atoms with Crippen molar-refractivity contribution in [2.45, 2.75) is 66.1 Å². The van der Waals surface area contributed by atoms with Crippen LogP contribution in [0.15, 0.2) is 0 Å². The lowest BCUT2D eigenvalue weighted by atomic mass is 10.1. The van der Waals surface area contributed by atoms with Gasteiger partial charge in [-0.2, -0.15) is 5.10 Å². The zero-order valence-corrected chi connectivity index (χ0v) is 13.6. The van der Waals surface area contributed by atoms with E-state index < -0.39 is 0 Å². The van der Waals surface area contributed by atoms with E-state index in [1.165, 1.54) is 5.56 Å². The fourth-order valence-corrected chi connectivity index (χ4v) is 2.24. The summed E-state index contributed by atoms with van der Waals surface area (Å²) in [6, 6.07) is 0.0724. The first kappa shape index (κ1) is 16.7. The van der Waals surface area contributed by atoms with Gasteiger partial charge in [-0.25, -0.2) is 0 Å². The van der Waals surface area contributed by atoms with E-state index in [1.807, 2.05) is 32.5 Å². The Hall–Kier alpha value is -1.36. The summed E-state index contributed by atoms with van der Waals surface area (Å²) >= 11 is 0. The average molecular weight is 280 g/mol. The zero-order chi connectivity index (χ0) is 15.3. The number of carbonyl (C=O) groups excluding carboxylic acids is 1. The number of rotatable bonds is 7. The number of nitrogens with one attached hydrogen (secondary N) is 2. The second-order valence-corrected chi connectivity index (χ2v) is 5.40. The Labute approximate surface area is 122 Å². The molecular weight excluding hydrogens is 252 g/mol. The maximum absolute atomic E-state index is 12.1. The van der Waals surface area contributed by atoms with E-state index in [4.69, 9.17) is 0 Å². The van der Waals surface area contributed by atoms with Crippen molar-refractivity contribution < 1.29 is 4.79 Å². The molecule has 1 heterocycles. The van der Waals surface area contributed by atoms with Gasteiger partial charge in [-0.3, -0.25) is 9.48 Å². The molecule has 20 heavy (non-hydrogen) atoms. The van der Waals surface area contributed by atoms with Crippen LogP contribution in [0.2, 0.25) is 0 Å². The van der Waals surface area contributed by atoms with Crippen molar-refractivity contribution in [2.24, 2.45) is 7.05 Å². The molecule has 0 saturated heterocycles. The zero-order valence-electron chi connectivity index (χ0n) is 13.6. The normalized spacial score (nSPS) is 12.8. The second-order valence-electron chi connectivity index (χ2n) is 5.40. The van der Waals surface area contributed by atoms with Gasteiger partial charge in [-0.15, -0.1) is 0 Å². The predicted octanol–water partition coefficient (Wildman–Crippen LogP) is 1.82. The molecule has 0 aliphatic rings. The molecule has 0 aromatic carbocycles. The number of amides is 1. The van der Waals surface area contributed by atoms with Crippen molar-refractivity contribution in [1.82, 2.24) is 20.4 Å². The summed E-state index contributed by atoms with van der Waals surface area (Å²) in [5.74, 6) is 0.0675. The largest absolute Gasteiger partial charge is 0.352 e. The highest BCUT2D eigenvalue weighted by Gasteiger charge is 2.17. The predicted molar refractivity (Wildman–Crippen MR) is 81.5 cm³/mol. The van der Waals surface area contributed by atoms with E-state index in [2.05, 4.69) is 29.6 Å². The van der Waals surface area contributed by atoms with Crippen LogP contribution in [-0.2, 0) is 18.4 Å². The van der Waals surface area contributed by atoms with Crippen LogP contribution in [0.1, 0.15) is 50.6 Å². The summed E-state index contributed by atoms with van der Waals surface area (Å²) in [7, 11) is 1.94. The molecule has 1 atom stereocenters. The van der Waals surface area contributed by atoms with E-state index in [0.717, 1.165) is 24.2 Å². The standard InChI is InChI=1S/C15H28N4O/c1-7-13(8-2)17-15(20)11(4)16-9-14-10(3)18-19(6)12(14)5/h11,13,16H,7-9H2,1-6H3,(H,17,20). The molecule has 0 fully saturated rings. The molecule has 1 rings (SSSR count). The van der Waals surface area contributed by atoms with Crippen molar-refractivity contribution >= 4 is 5.91 Å². The van der Waals surface area contributed by atoms with E-state index >= 15 is 0 Å². The summed E-state index contributed by atoms with van der Waals surface area (Å²) in [5, 5.41) is 10.7. The van der Waals surface area contributed by atoms with Crippen LogP contribution >= 0.6 is 0 Å². The molecule has 1 aromatic rings. The molecule has 1 amide bonds. The highest BCUT2D eigenvalue weighted by Crippen LogP contribution is 2.11. The quantitative estimate of drug-likeness (QED) is 0.801. The molecule has 0 bridgehead atoms. The van der Waals surface area contributed by atoms with Gasteiger partial charge >= 0.3 is 0 Å². The van der Waals surface area contributed by atoms with Gasteiger partial charge in [0.05, 0.1) is 11.7 Å². The molecule has 5 heteroatoms. The molecule has 1 unspecified atom stereocenters. The van der Waals surface area contributed by atoms with Crippen LogP contribution in [0.5, 0.6) is 0 Å². The smallest absolute Gasteiger partial charge is 0.237 e. The van der Waals surface area contributed by atoms with Gasteiger partial charge in [0.2, 0.25) is 5.91 Å². The van der Waals surface area contributed by atoms with Crippen molar-refractivity contribution in [3.8, 4) is 0 Å². The Bertz CT molecular complexity index is 449. The lowest BCUT2D eigenvalue weighted by Gasteiger charge is -2.19. The van der Waals surface area contributed by atoms with Crippen molar-refractivity contribution in [3.05, 3.63) is 17.0 Å². The molecule has 1 aromatic heterocycles. The Morgan fingerprint density at radius 3 is 2.35 bits per heavy atom. The lowest BCUT2D eigenvalue weighted by Crippen LogP contribution is -2.45. The summed E-state index contributed by atoms with van der Waals surface area (Å²) < 4.78 is 1.88. The molecule has 0 radical (unpaired) electrons. The third-order valence-corrected chi connectivity index (χ3v) is 3.97. The molecule has 114 valence electrons. The maximum atomic E-state index is 12.1. The van der Waals surface area contributed by atoms with E-state index in [0.29, 0.717) is 6.54 Å². The second kappa shape index (κ2) is 7.43. The Morgan fingerprint density at radius 2 is 1.90 bits per heavy atom. The topological polar surface area (TPSA) is 59.0 Å². The molecular formula is C15H28N4O. The van der Waals surface area contributed by atoms with Crippen molar-refractivity contribution in [3.63, 3.8) is 0 Å². The Kier molecular flexibility index (Phi) is 6.20. The molecule has 0 spiro atoms. The fourth-order valence-electron chi connectivity index (χ4n) is 2.24. The number of hydrogen-bond donors (Lipinski definition) is 2. The molecule has 0 saturated carbocycles. The first-order chi connectivity index (χ1) is 9.40. The van der Waals surface area contributed by atoms with Gasteiger partial charge in [0.15, 0.2) is 0 Å². The van der Waals surface area contributed by atoms with Gasteiger partial charge in [-0.1, -0.05) is 13.8 Å². The maximum Gasteiger partial charge on any atom is 0.237 e. The van der Waals surface area contributed by atoms with E-state index in [9.17, 15) is 4.79 Å². The monoisotopic (exact) mass is 280 g/mol. The van der Waals surface area contributed by atoms with Crippen molar-refractivity contribution in [1.29, 1.82) is 0 Å². The van der Waals surface area contributed by atoms with Crippen LogP contribution in [0.25, 0.3) is 0 Å². The van der Waals surface area contributed by atoms with Crippen molar-refractivity contribution in [2.75, 3.05) is 0 Å². The van der Waals surface area contributed by atoms with Gasteiger partial charge in [0, 0.05) is 30.9 Å². The number of hydrogen-bond acceptors (Lipinski definition) is 3. The average Bonchev–Trinajstić information content (AvgIpc) is 2.66. The Morgan fingerprint density at radius 1 is 1.30 bits per heavy atom. The first-order valence-corrected chi connectivity index (χ1v) is 7.43. The number of aromatic nitrogens is 2. The first-order valence-electron chi connectivity index (χ1n) is 7.43. The number of aryl methyl sites for hydroxylation is 2. The van der Waals surface area contributed by atoms with Crippen LogP contribution in [0, 0.1) is 13.8 Å². The summed E-state index contributed by atoms with van der Waals surface area (Å²) in [5.41, 5.74) is 3.34. The minimum absolute atomic E-state index is 0.0675. The van der Waals surface area contributed by atoms with Gasteiger partial charge in [0.1, 0.15) is 0 Å². The highest BCUT2D eigenvalue weighted by molar-refractivity contribution is 5.81. The third kappa shape index (κ3) is 4.07. The molecule has 0 aliphatic heterocycles. The van der Waals surface area contributed by atoms with Crippen LogP contribution in [0.3, 0.4) is 0 Å². The van der Waals surface area contributed by atoms with Crippen LogP contribution < -0.4 is 10.6 Å². The van der Waals surface area contributed by atoms with Gasteiger partial charge < -0.3 is 10.6 Å². The van der Waals surface area contributed by atoms with Crippen LogP contribution in [0.4, 0.5) is 0 Å². The molecule has 0 aliphatic carbocycles. The summed E-state index contributed by atoms with van der Waals surface area (Å²) in [6.45, 7) is 10.8. The SMILES string of the molecule is CCC(CC)NC(=O)C(C)NCc1c(C)nn(C)c1C. The summed E-state index contributed by atoms with van der Waals surface area (Å²) in [4.78, 5) is 12.1. The number of nitrogens with zero attached hydrogens (tertiary/aromatic N) is 2. The fraction of sp³-hybridized carbons (Fsp3) is 0.733. The van der Waals surface area contributed by atoms with E-state index in [1.54, 1.807) is 0 Å². The molecule has 2 N–H and O–H groups in total. The minimum Gasteiger partial charge on any atom is -0.352 e. The lowest BCUT2D eigenvalue weighted by molar-refractivity contribution is -0.123. The Balaban J connectivity index is 2.54. The third-order valence-electron chi connectivity index (χ3n) is 3.97. The summed E-state index contributed by atoms with van der Waals surface area (Å²) in [6.07, 6.45) is 1.94. The highest BCUT2D eigenvalue weighted by atomic mass is 16.2. The van der Waals surface area contributed by atoms with E-state index in [-0.39, 0.29) is 18.0 Å².